The summed E-state index contributed by atoms with van der Waals surface area (Å²) in [5.41, 5.74) is 0.336. The summed E-state index contributed by atoms with van der Waals surface area (Å²) in [7, 11) is 6.05. The van der Waals surface area contributed by atoms with Gasteiger partial charge in [-0.05, 0) is 38.1 Å². The highest BCUT2D eigenvalue weighted by Gasteiger charge is 2.52. The molecule has 1 fully saturated rings. The predicted octanol–water partition coefficient (Wildman–Crippen LogP) is 2.77. The number of nitrogens with zero attached hydrogens (tertiary/aromatic N) is 3. The number of aliphatic hydroxyl groups is 1. The Morgan fingerprint density at radius 2 is 1.77 bits per heavy atom. The number of anilines is 2. The molecule has 15 heteroatoms. The monoisotopic (exact) mass is 669 g/mol. The molecule has 2 atom stereocenters. The number of methoxy groups -OCH3 is 3. The zero-order valence-electron chi connectivity index (χ0n) is 26.7. The lowest BCUT2D eigenvalue weighted by Crippen LogP contribution is -2.48. The number of hydrogen-bond donors (Lipinski definition) is 3. The summed E-state index contributed by atoms with van der Waals surface area (Å²) < 4.78 is 21.9. The molecule has 0 spiro atoms. The van der Waals surface area contributed by atoms with Crippen molar-refractivity contribution >= 4 is 57.6 Å². The number of benzene rings is 2. The summed E-state index contributed by atoms with van der Waals surface area (Å²) in [4.78, 5) is 62.7. The first-order chi connectivity index (χ1) is 22.4. The highest BCUT2D eigenvalue weighted by atomic mass is 35.5. The van der Waals surface area contributed by atoms with Crippen molar-refractivity contribution in [1.82, 2.24) is 14.8 Å². The normalized spacial score (nSPS) is 20.8. The second-order valence-electron chi connectivity index (χ2n) is 12.0. The first kappa shape index (κ1) is 32.4. The van der Waals surface area contributed by atoms with Crippen LogP contribution in [0, 0.1) is 0 Å². The molecule has 3 aliphatic rings. The average Bonchev–Trinajstić information content (AvgIpc) is 3.62. The molecule has 0 radical (unpaired) electrons. The predicted molar refractivity (Wildman–Crippen MR) is 172 cm³/mol. The van der Waals surface area contributed by atoms with E-state index in [0.717, 1.165) is 0 Å². The van der Waals surface area contributed by atoms with Crippen LogP contribution < -0.4 is 24.4 Å². The Morgan fingerprint density at radius 3 is 2.40 bits per heavy atom. The number of H-pyrrole nitrogens is 1. The molecule has 47 heavy (non-hydrogen) atoms. The smallest absolute Gasteiger partial charge is 0.415 e. The molecule has 14 nitrogen and oxygen atoms in total. The number of halogens is 1. The summed E-state index contributed by atoms with van der Waals surface area (Å²) in [6, 6.07) is 4.85. The minimum atomic E-state index is -1.80. The van der Waals surface area contributed by atoms with E-state index in [-0.39, 0.29) is 42.3 Å². The Balaban J connectivity index is 1.47. The number of aromatic nitrogens is 1. The molecule has 2 amide bonds. The fraction of sp³-hybridized carbons (Fsp3) is 0.438. The average molecular weight is 670 g/mol. The number of rotatable bonds is 6. The van der Waals surface area contributed by atoms with Gasteiger partial charge >= 0.3 is 12.1 Å². The maximum absolute atomic E-state index is 14.3. The minimum absolute atomic E-state index is 0.00915. The van der Waals surface area contributed by atoms with Crippen LogP contribution >= 0.6 is 11.6 Å². The van der Waals surface area contributed by atoms with Crippen molar-refractivity contribution in [3.8, 4) is 17.2 Å². The Morgan fingerprint density at radius 1 is 1.06 bits per heavy atom. The SMILES string of the molecule is COC(=O)C1(C)Nc2c(OC(=O)N3CCN(C)CC3)cc3c(c2C1=O)CC(Cl)CN3C(=O)c1cc2cc(CO)c(OC)c(OC)c2[nH]1. The number of aromatic amines is 1. The second-order valence-corrected chi connectivity index (χ2v) is 12.6. The van der Waals surface area contributed by atoms with Gasteiger partial charge in [-0.15, -0.1) is 11.6 Å². The number of Topliss-reactive ketones (excluding diaryl/α,β-unsaturated/α-hetero) is 1. The molecule has 4 heterocycles. The number of fused-ring (bicyclic) bond motifs is 4. The van der Waals surface area contributed by atoms with E-state index >= 15 is 0 Å². The van der Waals surface area contributed by atoms with E-state index in [4.69, 9.17) is 30.5 Å². The number of likely N-dealkylation sites (N-methyl/N-ethyl adjacent to an activating group) is 1. The number of alkyl halides is 1. The molecule has 0 aliphatic carbocycles. The van der Waals surface area contributed by atoms with Crippen LogP contribution in [0.1, 0.15) is 38.9 Å². The van der Waals surface area contributed by atoms with Crippen molar-refractivity contribution in [1.29, 1.82) is 0 Å². The molecule has 2 unspecified atom stereocenters. The molecule has 1 aromatic heterocycles. The van der Waals surface area contributed by atoms with Crippen LogP contribution in [0.25, 0.3) is 10.9 Å². The molecule has 1 saturated heterocycles. The highest BCUT2D eigenvalue weighted by Crippen LogP contribution is 2.48. The van der Waals surface area contributed by atoms with Crippen LogP contribution in [0.5, 0.6) is 17.2 Å². The largest absolute Gasteiger partial charge is 0.492 e. The first-order valence-electron chi connectivity index (χ1n) is 15.1. The summed E-state index contributed by atoms with van der Waals surface area (Å²) in [6.07, 6.45) is -0.417. The van der Waals surface area contributed by atoms with Gasteiger partial charge in [-0.2, -0.15) is 0 Å². The molecule has 0 bridgehead atoms. The minimum Gasteiger partial charge on any atom is -0.492 e. The standard InChI is InChI=1S/C32H36ClN5O9/c1-32(30(42)46-5)28(40)23-19-12-18(33)14-38(21(19)13-22(25(23)35-32)47-31(43)37-8-6-36(2)7-9-37)29(41)20-11-16-10-17(15-39)26(44-3)27(45-4)24(16)34-20/h10-11,13,18,34-35,39H,6-9,12,14-15H2,1-5H3. The fourth-order valence-corrected chi connectivity index (χ4v) is 6.79. The zero-order chi connectivity index (χ0) is 33.8. The van der Waals surface area contributed by atoms with Crippen molar-refractivity contribution in [2.75, 3.05) is 71.3 Å². The van der Waals surface area contributed by atoms with Gasteiger partial charge in [0.15, 0.2) is 22.8 Å². The van der Waals surface area contributed by atoms with E-state index in [9.17, 15) is 24.3 Å². The number of piperazine rings is 1. The van der Waals surface area contributed by atoms with Crippen LogP contribution in [0.15, 0.2) is 18.2 Å². The van der Waals surface area contributed by atoms with E-state index in [1.165, 1.54) is 39.2 Å². The summed E-state index contributed by atoms with van der Waals surface area (Å²) in [6.45, 7) is 3.37. The lowest BCUT2D eigenvalue weighted by atomic mass is 9.88. The van der Waals surface area contributed by atoms with Gasteiger partial charge in [0.1, 0.15) is 5.69 Å². The third-order valence-electron chi connectivity index (χ3n) is 9.04. The van der Waals surface area contributed by atoms with Crippen molar-refractivity contribution in [3.05, 3.63) is 40.6 Å². The van der Waals surface area contributed by atoms with E-state index in [0.29, 0.717) is 65.4 Å². The molecular formula is C32H36ClN5O9. The second kappa shape index (κ2) is 12.2. The number of carbonyl (C=O) groups excluding carboxylic acids is 4. The molecular weight excluding hydrogens is 634 g/mol. The van der Waals surface area contributed by atoms with E-state index < -0.39 is 34.7 Å². The van der Waals surface area contributed by atoms with Gasteiger partial charge in [-0.3, -0.25) is 9.59 Å². The molecule has 250 valence electrons. The van der Waals surface area contributed by atoms with Crippen LogP contribution in [-0.2, 0) is 22.6 Å². The number of amides is 2. The van der Waals surface area contributed by atoms with Gasteiger partial charge in [0.05, 0.1) is 55.8 Å². The molecule has 3 aliphatic heterocycles. The molecule has 6 rings (SSSR count). The van der Waals surface area contributed by atoms with Crippen LogP contribution in [0.2, 0.25) is 0 Å². The van der Waals surface area contributed by atoms with Gasteiger partial charge < -0.3 is 49.1 Å². The van der Waals surface area contributed by atoms with Gasteiger partial charge in [0.25, 0.3) is 5.91 Å². The summed E-state index contributed by atoms with van der Waals surface area (Å²) >= 11 is 6.74. The first-order valence-corrected chi connectivity index (χ1v) is 15.5. The van der Waals surface area contributed by atoms with Crippen molar-refractivity contribution < 1.29 is 43.2 Å². The van der Waals surface area contributed by atoms with E-state index in [2.05, 4.69) is 15.2 Å². The third kappa shape index (κ3) is 5.29. The lowest BCUT2D eigenvalue weighted by molar-refractivity contribution is -0.143. The van der Waals surface area contributed by atoms with Gasteiger partial charge in [0.2, 0.25) is 5.78 Å². The molecule has 3 N–H and O–H groups in total. The number of hydrogen-bond acceptors (Lipinski definition) is 11. The van der Waals surface area contributed by atoms with Crippen LogP contribution in [0.4, 0.5) is 16.2 Å². The molecule has 3 aromatic rings. The fourth-order valence-electron chi connectivity index (χ4n) is 6.50. The lowest BCUT2D eigenvalue weighted by Gasteiger charge is -2.34. The quantitative estimate of drug-likeness (QED) is 0.201. The maximum Gasteiger partial charge on any atom is 0.415 e. The number of nitrogens with one attached hydrogen (secondary N) is 2. The highest BCUT2D eigenvalue weighted by molar-refractivity contribution is 6.27. The van der Waals surface area contributed by atoms with Gasteiger partial charge in [-0.25, -0.2) is 9.59 Å². The van der Waals surface area contributed by atoms with Gasteiger partial charge in [0, 0.05) is 49.7 Å². The van der Waals surface area contributed by atoms with Gasteiger partial charge in [-0.1, -0.05) is 0 Å². The topological polar surface area (TPSA) is 163 Å². The van der Waals surface area contributed by atoms with E-state index in [1.807, 2.05) is 7.05 Å². The Kier molecular flexibility index (Phi) is 8.45. The molecule has 0 saturated carbocycles. The zero-order valence-corrected chi connectivity index (χ0v) is 27.4. The maximum atomic E-state index is 14.3. The Hall–Kier alpha value is -4.53. The van der Waals surface area contributed by atoms with Crippen LogP contribution in [0.3, 0.4) is 0 Å². The molecule has 2 aromatic carbocycles. The number of ether oxygens (including phenoxy) is 4. The van der Waals surface area contributed by atoms with Crippen molar-refractivity contribution in [2.24, 2.45) is 0 Å². The Bertz CT molecular complexity index is 1800. The summed E-state index contributed by atoms with van der Waals surface area (Å²) in [5.74, 6) is -1.26. The Labute approximate surface area is 275 Å². The number of esters is 1. The van der Waals surface area contributed by atoms with Crippen LogP contribution in [-0.4, -0.2) is 116 Å². The van der Waals surface area contributed by atoms with Crippen molar-refractivity contribution in [3.63, 3.8) is 0 Å². The summed E-state index contributed by atoms with van der Waals surface area (Å²) in [5, 5.41) is 12.9. The third-order valence-corrected chi connectivity index (χ3v) is 9.33. The number of carbonyl (C=O) groups is 4. The van der Waals surface area contributed by atoms with E-state index in [1.54, 1.807) is 17.0 Å². The number of aliphatic hydroxyl groups excluding tert-OH is 1. The van der Waals surface area contributed by atoms with Crippen molar-refractivity contribution in [2.45, 2.75) is 30.9 Å². The number of ketones is 1.